The van der Waals surface area contributed by atoms with Crippen molar-refractivity contribution in [1.82, 2.24) is 14.9 Å². The van der Waals surface area contributed by atoms with Crippen molar-refractivity contribution < 1.29 is 19.4 Å². The van der Waals surface area contributed by atoms with Crippen LogP contribution in [-0.2, 0) is 0 Å². The van der Waals surface area contributed by atoms with Gasteiger partial charge >= 0.3 is 5.97 Å². The predicted molar refractivity (Wildman–Crippen MR) is 94.8 cm³/mol. The van der Waals surface area contributed by atoms with Gasteiger partial charge in [-0.1, -0.05) is 0 Å². The number of hydrogen-bond donors (Lipinski definition) is 1. The second-order valence-corrected chi connectivity index (χ2v) is 6.07. The molecule has 1 amide bonds. The smallest absolute Gasteiger partial charge is 0.335 e. The van der Waals surface area contributed by atoms with E-state index in [0.717, 1.165) is 5.56 Å². The molecule has 3 rings (SSSR count). The first-order chi connectivity index (χ1) is 12.5. The molecule has 0 saturated carbocycles. The lowest BCUT2D eigenvalue weighted by molar-refractivity contribution is 0.0696. The third-order valence-electron chi connectivity index (χ3n) is 4.25. The molecule has 1 fully saturated rings. The highest BCUT2D eigenvalue weighted by molar-refractivity contribution is 5.98. The van der Waals surface area contributed by atoms with Crippen molar-refractivity contribution >= 4 is 17.8 Å². The van der Waals surface area contributed by atoms with Gasteiger partial charge in [-0.2, -0.15) is 4.98 Å². The van der Waals surface area contributed by atoms with Crippen LogP contribution in [0, 0.1) is 6.92 Å². The topological polar surface area (TPSA) is 95.9 Å². The van der Waals surface area contributed by atoms with Gasteiger partial charge in [-0.25, -0.2) is 9.78 Å². The van der Waals surface area contributed by atoms with Crippen LogP contribution in [0.3, 0.4) is 0 Å². The van der Waals surface area contributed by atoms with Gasteiger partial charge < -0.3 is 19.6 Å². The third kappa shape index (κ3) is 3.74. The average Bonchev–Trinajstić information content (AvgIpc) is 2.67. The predicted octanol–water partition coefficient (Wildman–Crippen LogP) is 1.45. The average molecular weight is 356 g/mol. The first kappa shape index (κ1) is 17.7. The Morgan fingerprint density at radius 2 is 1.81 bits per heavy atom. The first-order valence-corrected chi connectivity index (χ1v) is 8.24. The van der Waals surface area contributed by atoms with E-state index in [-0.39, 0.29) is 11.5 Å². The summed E-state index contributed by atoms with van der Waals surface area (Å²) in [7, 11) is 1.55. The number of piperazine rings is 1. The molecule has 1 aliphatic rings. The Bertz CT molecular complexity index is 832. The molecular formula is C18H20N4O4. The molecule has 0 aliphatic carbocycles. The number of aryl methyl sites for hydroxylation is 1. The standard InChI is InChI=1S/C18H20N4O4/c1-12-9-13(11-14(10-12)17(24)25)16(23)21-5-7-22(8-6-21)18-19-4-3-15(20-18)26-2/h3-4,9-11H,5-8H2,1-2H3,(H,24,25). The van der Waals surface area contributed by atoms with E-state index in [1.807, 2.05) is 4.90 Å². The SMILES string of the molecule is COc1ccnc(N2CCN(C(=O)c3cc(C)cc(C(=O)O)c3)CC2)n1. The summed E-state index contributed by atoms with van der Waals surface area (Å²) in [6, 6.07) is 6.37. The molecule has 2 heterocycles. The van der Waals surface area contributed by atoms with Gasteiger partial charge in [0, 0.05) is 44.0 Å². The van der Waals surface area contributed by atoms with Crippen LogP contribution < -0.4 is 9.64 Å². The minimum Gasteiger partial charge on any atom is -0.481 e. The van der Waals surface area contributed by atoms with Gasteiger partial charge in [0.25, 0.3) is 5.91 Å². The number of amides is 1. The molecule has 2 aromatic rings. The van der Waals surface area contributed by atoms with Crippen molar-refractivity contribution in [3.63, 3.8) is 0 Å². The minimum atomic E-state index is -1.04. The molecule has 8 heteroatoms. The number of nitrogens with zero attached hydrogens (tertiary/aromatic N) is 4. The van der Waals surface area contributed by atoms with Crippen LogP contribution >= 0.6 is 0 Å². The Kier molecular flexibility index (Phi) is 5.01. The quantitative estimate of drug-likeness (QED) is 0.886. The second kappa shape index (κ2) is 7.38. The molecule has 0 radical (unpaired) electrons. The lowest BCUT2D eigenvalue weighted by Gasteiger charge is -2.34. The maximum Gasteiger partial charge on any atom is 0.335 e. The van der Waals surface area contributed by atoms with Crippen LogP contribution in [0.2, 0.25) is 0 Å². The van der Waals surface area contributed by atoms with E-state index in [2.05, 4.69) is 9.97 Å². The van der Waals surface area contributed by atoms with Crippen LogP contribution in [0.1, 0.15) is 26.3 Å². The van der Waals surface area contributed by atoms with E-state index in [0.29, 0.717) is 43.6 Å². The molecular weight excluding hydrogens is 336 g/mol. The number of carbonyl (C=O) groups excluding carboxylic acids is 1. The zero-order valence-corrected chi connectivity index (χ0v) is 14.7. The van der Waals surface area contributed by atoms with Gasteiger partial charge in [-0.05, 0) is 30.7 Å². The Morgan fingerprint density at radius 1 is 1.12 bits per heavy atom. The van der Waals surface area contributed by atoms with Crippen LogP contribution in [0.4, 0.5) is 5.95 Å². The number of aromatic carboxylic acids is 1. The molecule has 1 saturated heterocycles. The van der Waals surface area contributed by atoms with Gasteiger partial charge in [0.05, 0.1) is 12.7 Å². The van der Waals surface area contributed by atoms with Crippen LogP contribution in [-0.4, -0.2) is 65.1 Å². The van der Waals surface area contributed by atoms with Crippen molar-refractivity contribution in [1.29, 1.82) is 0 Å². The number of carboxylic acids is 1. The fourth-order valence-electron chi connectivity index (χ4n) is 2.92. The molecule has 26 heavy (non-hydrogen) atoms. The summed E-state index contributed by atoms with van der Waals surface area (Å²) in [5.41, 5.74) is 1.27. The van der Waals surface area contributed by atoms with Crippen LogP contribution in [0.15, 0.2) is 30.5 Å². The molecule has 1 aliphatic heterocycles. The maximum absolute atomic E-state index is 12.7. The summed E-state index contributed by atoms with van der Waals surface area (Å²) in [4.78, 5) is 36.2. The number of rotatable bonds is 4. The van der Waals surface area contributed by atoms with Crippen LogP contribution in [0.25, 0.3) is 0 Å². The molecule has 1 aromatic carbocycles. The highest BCUT2D eigenvalue weighted by Crippen LogP contribution is 2.17. The Morgan fingerprint density at radius 3 is 2.46 bits per heavy atom. The Balaban J connectivity index is 1.69. The van der Waals surface area contributed by atoms with Crippen molar-refractivity contribution in [3.8, 4) is 5.88 Å². The highest BCUT2D eigenvalue weighted by Gasteiger charge is 2.24. The van der Waals surface area contributed by atoms with Crippen molar-refractivity contribution in [3.05, 3.63) is 47.2 Å². The number of methoxy groups -OCH3 is 1. The molecule has 0 spiro atoms. The molecule has 136 valence electrons. The van der Waals surface area contributed by atoms with Crippen molar-refractivity contribution in [2.75, 3.05) is 38.2 Å². The zero-order valence-electron chi connectivity index (χ0n) is 14.7. The summed E-state index contributed by atoms with van der Waals surface area (Å²) in [5.74, 6) is -0.139. The van der Waals surface area contributed by atoms with Gasteiger partial charge in [-0.3, -0.25) is 4.79 Å². The summed E-state index contributed by atoms with van der Waals surface area (Å²) in [6.07, 6.45) is 1.64. The van der Waals surface area contributed by atoms with Gasteiger partial charge in [0.15, 0.2) is 0 Å². The first-order valence-electron chi connectivity index (χ1n) is 8.24. The number of carboxylic acid groups (broad SMARTS) is 1. The number of carbonyl (C=O) groups is 2. The second-order valence-electron chi connectivity index (χ2n) is 6.07. The summed E-state index contributed by atoms with van der Waals surface area (Å²) < 4.78 is 5.11. The number of hydrogen-bond acceptors (Lipinski definition) is 6. The summed E-state index contributed by atoms with van der Waals surface area (Å²) in [6.45, 7) is 3.99. The molecule has 0 bridgehead atoms. The number of benzene rings is 1. The highest BCUT2D eigenvalue weighted by atomic mass is 16.5. The molecule has 1 aromatic heterocycles. The van der Waals surface area contributed by atoms with Gasteiger partial charge in [0.1, 0.15) is 0 Å². The normalized spacial score (nSPS) is 14.2. The van der Waals surface area contributed by atoms with E-state index in [1.54, 1.807) is 43.3 Å². The lowest BCUT2D eigenvalue weighted by Crippen LogP contribution is -2.49. The molecule has 1 N–H and O–H groups in total. The largest absolute Gasteiger partial charge is 0.481 e. The Labute approximate surface area is 151 Å². The fraction of sp³-hybridized carbons (Fsp3) is 0.333. The maximum atomic E-state index is 12.7. The molecule has 0 unspecified atom stereocenters. The van der Waals surface area contributed by atoms with Crippen molar-refractivity contribution in [2.24, 2.45) is 0 Å². The molecule has 0 atom stereocenters. The zero-order chi connectivity index (χ0) is 18.7. The van der Waals surface area contributed by atoms with Crippen molar-refractivity contribution in [2.45, 2.75) is 6.92 Å². The summed E-state index contributed by atoms with van der Waals surface area (Å²) in [5, 5.41) is 9.17. The minimum absolute atomic E-state index is 0.122. The summed E-state index contributed by atoms with van der Waals surface area (Å²) >= 11 is 0. The lowest BCUT2D eigenvalue weighted by atomic mass is 10.1. The molecule has 8 nitrogen and oxygen atoms in total. The van der Waals surface area contributed by atoms with E-state index < -0.39 is 5.97 Å². The van der Waals surface area contributed by atoms with Gasteiger partial charge in [0.2, 0.25) is 11.8 Å². The van der Waals surface area contributed by atoms with Gasteiger partial charge in [-0.15, -0.1) is 0 Å². The number of anilines is 1. The number of aromatic nitrogens is 2. The number of ether oxygens (including phenoxy) is 1. The van der Waals surface area contributed by atoms with E-state index in [4.69, 9.17) is 4.74 Å². The third-order valence-corrected chi connectivity index (χ3v) is 4.25. The van der Waals surface area contributed by atoms with E-state index >= 15 is 0 Å². The van der Waals surface area contributed by atoms with Crippen LogP contribution in [0.5, 0.6) is 5.88 Å². The monoisotopic (exact) mass is 356 g/mol. The Hall–Kier alpha value is -3.16. The van der Waals surface area contributed by atoms with E-state index in [1.165, 1.54) is 6.07 Å². The fourth-order valence-corrected chi connectivity index (χ4v) is 2.92. The van der Waals surface area contributed by atoms with E-state index in [9.17, 15) is 14.7 Å².